The molecule has 0 bridgehead atoms. The SMILES string of the molecule is Cc1ccc(CNS(=O)(=O)c2ccc(CO)o2)o1. The Morgan fingerprint density at radius 1 is 1.17 bits per heavy atom. The maximum absolute atomic E-state index is 11.8. The Bertz CT molecular complexity index is 625. The van der Waals surface area contributed by atoms with Crippen LogP contribution in [0.5, 0.6) is 0 Å². The molecule has 0 spiro atoms. The van der Waals surface area contributed by atoms with Crippen LogP contribution in [-0.4, -0.2) is 13.5 Å². The van der Waals surface area contributed by atoms with E-state index < -0.39 is 10.0 Å². The molecule has 0 amide bonds. The van der Waals surface area contributed by atoms with Gasteiger partial charge in [-0.2, -0.15) is 0 Å². The molecule has 0 radical (unpaired) electrons. The second kappa shape index (κ2) is 4.97. The molecule has 6 nitrogen and oxygen atoms in total. The summed E-state index contributed by atoms with van der Waals surface area (Å²) in [5.41, 5.74) is 0. The van der Waals surface area contributed by atoms with E-state index in [0.717, 1.165) is 0 Å². The zero-order valence-corrected chi connectivity index (χ0v) is 10.5. The number of aliphatic hydroxyl groups is 1. The molecule has 7 heteroatoms. The van der Waals surface area contributed by atoms with E-state index in [0.29, 0.717) is 11.5 Å². The Labute approximate surface area is 104 Å². The van der Waals surface area contributed by atoms with Gasteiger partial charge in [-0.05, 0) is 31.2 Å². The minimum absolute atomic E-state index is 0.0470. The van der Waals surface area contributed by atoms with Gasteiger partial charge in [0.05, 0.1) is 6.54 Å². The first kappa shape index (κ1) is 12.9. The molecule has 0 aliphatic carbocycles. The van der Waals surface area contributed by atoms with Crippen molar-refractivity contribution in [2.75, 3.05) is 0 Å². The van der Waals surface area contributed by atoms with Gasteiger partial charge in [0, 0.05) is 0 Å². The van der Waals surface area contributed by atoms with E-state index in [1.54, 1.807) is 19.1 Å². The van der Waals surface area contributed by atoms with Crippen molar-refractivity contribution in [3.8, 4) is 0 Å². The Morgan fingerprint density at radius 2 is 1.89 bits per heavy atom. The Morgan fingerprint density at radius 3 is 2.44 bits per heavy atom. The van der Waals surface area contributed by atoms with Gasteiger partial charge < -0.3 is 13.9 Å². The van der Waals surface area contributed by atoms with Crippen LogP contribution in [-0.2, 0) is 23.2 Å². The number of aryl methyl sites for hydroxylation is 1. The third kappa shape index (κ3) is 2.81. The highest BCUT2D eigenvalue weighted by Gasteiger charge is 2.18. The molecule has 0 fully saturated rings. The van der Waals surface area contributed by atoms with Crippen molar-refractivity contribution in [1.82, 2.24) is 4.72 Å². The Kier molecular flexibility index (Phi) is 3.55. The fourth-order valence-corrected chi connectivity index (χ4v) is 2.34. The largest absolute Gasteiger partial charge is 0.465 e. The highest BCUT2D eigenvalue weighted by molar-refractivity contribution is 7.89. The smallest absolute Gasteiger partial charge is 0.274 e. The molecule has 0 aromatic carbocycles. The van der Waals surface area contributed by atoms with Crippen LogP contribution >= 0.6 is 0 Å². The van der Waals surface area contributed by atoms with Gasteiger partial charge in [-0.25, -0.2) is 13.1 Å². The zero-order valence-electron chi connectivity index (χ0n) is 9.71. The lowest BCUT2D eigenvalue weighted by atomic mass is 10.4. The maximum atomic E-state index is 11.8. The van der Waals surface area contributed by atoms with Crippen molar-refractivity contribution in [3.63, 3.8) is 0 Å². The summed E-state index contributed by atoms with van der Waals surface area (Å²) in [6.45, 7) is 1.48. The number of hydrogen-bond donors (Lipinski definition) is 2. The molecule has 0 aliphatic heterocycles. The van der Waals surface area contributed by atoms with E-state index in [2.05, 4.69) is 4.72 Å². The Hall–Kier alpha value is -1.57. The fourth-order valence-electron chi connectivity index (χ4n) is 1.41. The van der Waals surface area contributed by atoms with Gasteiger partial charge >= 0.3 is 0 Å². The summed E-state index contributed by atoms with van der Waals surface area (Å²) < 4.78 is 36.2. The standard InChI is InChI=1S/C11H13NO5S/c1-8-2-3-9(16-8)6-12-18(14,15)11-5-4-10(7-13)17-11/h2-5,12-13H,6-7H2,1H3. The number of rotatable bonds is 5. The number of sulfonamides is 1. The molecule has 2 aromatic heterocycles. The number of aliphatic hydroxyl groups excluding tert-OH is 1. The molecule has 18 heavy (non-hydrogen) atoms. The first-order chi connectivity index (χ1) is 8.51. The van der Waals surface area contributed by atoms with E-state index in [9.17, 15) is 8.42 Å². The number of furan rings is 2. The van der Waals surface area contributed by atoms with E-state index in [4.69, 9.17) is 13.9 Å². The van der Waals surface area contributed by atoms with Gasteiger partial charge in [0.2, 0.25) is 5.09 Å². The highest BCUT2D eigenvalue weighted by Crippen LogP contribution is 2.14. The highest BCUT2D eigenvalue weighted by atomic mass is 32.2. The van der Waals surface area contributed by atoms with Crippen molar-refractivity contribution in [1.29, 1.82) is 0 Å². The molecule has 2 aromatic rings. The summed E-state index contributed by atoms with van der Waals surface area (Å²) in [5.74, 6) is 1.43. The molecule has 2 heterocycles. The summed E-state index contributed by atoms with van der Waals surface area (Å²) in [6, 6.07) is 6.15. The molecular formula is C11H13NO5S. The lowest BCUT2D eigenvalue weighted by Gasteiger charge is -2.01. The van der Waals surface area contributed by atoms with Gasteiger partial charge in [0.25, 0.3) is 10.0 Å². The lowest BCUT2D eigenvalue weighted by Crippen LogP contribution is -2.22. The van der Waals surface area contributed by atoms with Crippen LogP contribution in [0.2, 0.25) is 0 Å². The fraction of sp³-hybridized carbons (Fsp3) is 0.273. The summed E-state index contributed by atoms with van der Waals surface area (Å²) in [7, 11) is -3.73. The molecule has 98 valence electrons. The van der Waals surface area contributed by atoms with Crippen LogP contribution in [0.1, 0.15) is 17.3 Å². The molecule has 0 aliphatic rings. The predicted octanol–water partition coefficient (Wildman–Crippen LogP) is 1.15. The number of hydrogen-bond acceptors (Lipinski definition) is 5. The van der Waals surface area contributed by atoms with Crippen LogP contribution in [0, 0.1) is 6.92 Å². The van der Waals surface area contributed by atoms with Gasteiger partial charge in [-0.3, -0.25) is 0 Å². The molecule has 2 N–H and O–H groups in total. The second-order valence-electron chi connectivity index (χ2n) is 3.72. The third-order valence-corrected chi connectivity index (χ3v) is 3.56. The number of nitrogens with one attached hydrogen (secondary N) is 1. The van der Waals surface area contributed by atoms with Crippen LogP contribution in [0.25, 0.3) is 0 Å². The summed E-state index contributed by atoms with van der Waals surface area (Å²) >= 11 is 0. The quantitative estimate of drug-likeness (QED) is 0.851. The third-order valence-electron chi connectivity index (χ3n) is 2.29. The molecular weight excluding hydrogens is 258 g/mol. The van der Waals surface area contributed by atoms with Crippen molar-refractivity contribution in [2.24, 2.45) is 0 Å². The van der Waals surface area contributed by atoms with Crippen LogP contribution in [0.3, 0.4) is 0 Å². The zero-order chi connectivity index (χ0) is 13.2. The average molecular weight is 271 g/mol. The monoisotopic (exact) mass is 271 g/mol. The van der Waals surface area contributed by atoms with Gasteiger partial charge in [-0.1, -0.05) is 0 Å². The lowest BCUT2D eigenvalue weighted by molar-refractivity contribution is 0.236. The maximum Gasteiger partial charge on any atom is 0.274 e. The second-order valence-corrected chi connectivity index (χ2v) is 5.41. The molecule has 2 rings (SSSR count). The van der Waals surface area contributed by atoms with E-state index in [1.165, 1.54) is 12.1 Å². The van der Waals surface area contributed by atoms with Crippen molar-refractivity contribution in [3.05, 3.63) is 41.5 Å². The van der Waals surface area contributed by atoms with Gasteiger partial charge in [0.15, 0.2) is 0 Å². The van der Waals surface area contributed by atoms with Crippen molar-refractivity contribution >= 4 is 10.0 Å². The summed E-state index contributed by atoms with van der Waals surface area (Å²) in [5, 5.41) is 8.58. The summed E-state index contributed by atoms with van der Waals surface area (Å²) in [4.78, 5) is 0. The average Bonchev–Trinajstić information content (AvgIpc) is 2.95. The van der Waals surface area contributed by atoms with Crippen LogP contribution in [0.4, 0.5) is 0 Å². The van der Waals surface area contributed by atoms with E-state index in [-0.39, 0.29) is 24.0 Å². The van der Waals surface area contributed by atoms with Gasteiger partial charge in [-0.15, -0.1) is 0 Å². The van der Waals surface area contributed by atoms with E-state index >= 15 is 0 Å². The van der Waals surface area contributed by atoms with Crippen molar-refractivity contribution < 1.29 is 22.4 Å². The molecule has 0 unspecified atom stereocenters. The first-order valence-corrected chi connectivity index (χ1v) is 6.74. The van der Waals surface area contributed by atoms with E-state index in [1.807, 2.05) is 0 Å². The Balaban J connectivity index is 2.07. The van der Waals surface area contributed by atoms with Crippen LogP contribution < -0.4 is 4.72 Å². The van der Waals surface area contributed by atoms with Crippen molar-refractivity contribution in [2.45, 2.75) is 25.2 Å². The minimum Gasteiger partial charge on any atom is -0.465 e. The molecule has 0 atom stereocenters. The minimum atomic E-state index is -3.73. The predicted molar refractivity (Wildman–Crippen MR) is 62.1 cm³/mol. The first-order valence-electron chi connectivity index (χ1n) is 5.26. The molecule has 0 saturated carbocycles. The molecule has 0 saturated heterocycles. The topological polar surface area (TPSA) is 92.7 Å². The normalized spacial score (nSPS) is 11.9. The van der Waals surface area contributed by atoms with Crippen LogP contribution in [0.15, 0.2) is 38.2 Å². The van der Waals surface area contributed by atoms with Gasteiger partial charge in [0.1, 0.15) is 23.9 Å². The summed E-state index contributed by atoms with van der Waals surface area (Å²) in [6.07, 6.45) is 0.